The molecule has 0 aliphatic rings. The Bertz CT molecular complexity index is 3410. The van der Waals surface area contributed by atoms with Gasteiger partial charge in [-0.3, -0.25) is 0 Å². The van der Waals surface area contributed by atoms with Crippen molar-refractivity contribution in [1.29, 1.82) is 21.0 Å². The van der Waals surface area contributed by atoms with E-state index in [2.05, 4.69) is 17.0 Å². The van der Waals surface area contributed by atoms with Crippen LogP contribution in [0.25, 0.3) is 47.6 Å². The maximum atomic E-state index is 11.5. The molecule has 0 saturated heterocycles. The maximum absolute atomic E-state index is 11.5. The maximum Gasteiger partial charge on any atom is 0.346 e. The van der Waals surface area contributed by atoms with Gasteiger partial charge in [0, 0.05) is 17.1 Å². The largest absolute Gasteiger partial charge is 0.477 e. The normalized spacial score (nSPS) is 11.4. The topological polar surface area (TPSA) is 248 Å². The second-order valence-electron chi connectivity index (χ2n) is 17.3. The number of benzene rings is 7. The van der Waals surface area contributed by atoms with Gasteiger partial charge in [0.25, 0.3) is 0 Å². The molecule has 0 radical (unpaired) electrons. The number of nitrogens with zero attached hydrogens (tertiary/aromatic N) is 5. The van der Waals surface area contributed by atoms with Gasteiger partial charge in [-0.2, -0.15) is 21.0 Å². The van der Waals surface area contributed by atoms with E-state index in [1.165, 1.54) is 24.3 Å². The molecule has 0 amide bonds. The lowest BCUT2D eigenvalue weighted by Gasteiger charge is -2.27. The minimum absolute atomic E-state index is 0.413. The fourth-order valence-electron chi connectivity index (χ4n) is 8.19. The molecule has 0 aromatic heterocycles. The van der Waals surface area contributed by atoms with Crippen LogP contribution in [0, 0.1) is 59.2 Å². The predicted molar refractivity (Wildman–Crippen MR) is 295 cm³/mol. The summed E-state index contributed by atoms with van der Waals surface area (Å²) in [5.74, 6) is -5.36. The summed E-state index contributed by atoms with van der Waals surface area (Å²) in [7, 11) is 0. The lowest BCUT2D eigenvalue weighted by atomic mass is 9.93. The SMILES string of the molecule is Cc1ccc(N(c2ccc(C=C(c3ccc(/C=C(\C#N)C(=O)O)cc3)c3ccc(/C=C(\C#N)C(=O)O)cc3)cc2)c2ccc(C=C(c3ccc(/C=C(\C#N)C(=O)O)cc3)c3ccc(/C=C(\C#N)C(=O)O)cc3)cc2)c(C)c1. The number of nitriles is 4. The van der Waals surface area contributed by atoms with Crippen molar-refractivity contribution < 1.29 is 39.6 Å². The smallest absolute Gasteiger partial charge is 0.346 e. The minimum atomic E-state index is -1.34. The van der Waals surface area contributed by atoms with E-state index in [-0.39, 0.29) is 0 Å². The van der Waals surface area contributed by atoms with Crippen LogP contribution in [0.4, 0.5) is 17.1 Å². The fraction of sp³-hybridized carbons (Fsp3) is 0.0312. The summed E-state index contributed by atoms with van der Waals surface area (Å²) < 4.78 is 0. The van der Waals surface area contributed by atoms with E-state index in [4.69, 9.17) is 0 Å². The highest BCUT2D eigenvalue weighted by Crippen LogP contribution is 2.38. The Morgan fingerprint density at radius 3 is 0.844 bits per heavy atom. The average Bonchev–Trinajstić information content (AvgIpc) is 3.43. The Kier molecular flexibility index (Phi) is 16.9. The van der Waals surface area contributed by atoms with Gasteiger partial charge in [0.1, 0.15) is 46.6 Å². The molecular weight excluding hydrogens is 967 g/mol. The highest BCUT2D eigenvalue weighted by Gasteiger charge is 2.17. The first kappa shape index (κ1) is 53.4. The number of hydrogen-bond donors (Lipinski definition) is 4. The van der Waals surface area contributed by atoms with E-state index in [0.29, 0.717) is 22.3 Å². The van der Waals surface area contributed by atoms with Gasteiger partial charge in [-0.1, -0.05) is 139 Å². The number of carboxylic acid groups (broad SMARTS) is 4. The van der Waals surface area contributed by atoms with Crippen LogP contribution in [-0.2, 0) is 19.2 Å². The molecule has 0 spiro atoms. The molecule has 7 aromatic carbocycles. The average molecular weight is 1010 g/mol. The van der Waals surface area contributed by atoms with Crippen molar-refractivity contribution in [1.82, 2.24) is 0 Å². The predicted octanol–water partition coefficient (Wildman–Crippen LogP) is 12.9. The van der Waals surface area contributed by atoms with Crippen LogP contribution in [-0.4, -0.2) is 44.3 Å². The Morgan fingerprint density at radius 2 is 0.610 bits per heavy atom. The van der Waals surface area contributed by atoms with E-state index >= 15 is 0 Å². The fourth-order valence-corrected chi connectivity index (χ4v) is 8.19. The first-order valence-corrected chi connectivity index (χ1v) is 23.4. The van der Waals surface area contributed by atoms with Crippen molar-refractivity contribution in [3.63, 3.8) is 0 Å². The molecular formula is C64H43N5O8. The molecule has 4 N–H and O–H groups in total. The molecule has 13 nitrogen and oxygen atoms in total. The molecule has 0 unspecified atom stereocenters. The minimum Gasteiger partial charge on any atom is -0.477 e. The van der Waals surface area contributed by atoms with Crippen molar-refractivity contribution in [2.75, 3.05) is 4.90 Å². The number of aryl methyl sites for hydroxylation is 2. The summed E-state index contributed by atoms with van der Waals surface area (Å²) in [6.45, 7) is 4.07. The van der Waals surface area contributed by atoms with E-state index in [0.717, 1.165) is 72.7 Å². The zero-order valence-corrected chi connectivity index (χ0v) is 41.2. The molecule has 0 aliphatic carbocycles. The number of anilines is 3. The molecule has 0 heterocycles. The third kappa shape index (κ3) is 13.4. The summed E-state index contributed by atoms with van der Waals surface area (Å²) in [5, 5.41) is 75.0. The molecule has 0 atom stereocenters. The molecule has 13 heteroatoms. The van der Waals surface area contributed by atoms with E-state index in [1.807, 2.05) is 129 Å². The molecule has 0 bridgehead atoms. The summed E-state index contributed by atoms with van der Waals surface area (Å²) in [5.41, 5.74) is 11.4. The Morgan fingerprint density at radius 1 is 0.364 bits per heavy atom. The Balaban J connectivity index is 1.29. The van der Waals surface area contributed by atoms with Crippen molar-refractivity contribution in [3.05, 3.63) is 253 Å². The zero-order chi connectivity index (χ0) is 55.2. The number of rotatable bonds is 17. The van der Waals surface area contributed by atoms with Crippen molar-refractivity contribution in [2.45, 2.75) is 13.8 Å². The Hall–Kier alpha value is -11.4. The van der Waals surface area contributed by atoms with Gasteiger partial charge in [0.15, 0.2) is 0 Å². The lowest BCUT2D eigenvalue weighted by Crippen LogP contribution is -2.11. The third-order valence-corrected chi connectivity index (χ3v) is 12.1. The monoisotopic (exact) mass is 1010 g/mol. The van der Waals surface area contributed by atoms with Crippen LogP contribution >= 0.6 is 0 Å². The first-order valence-electron chi connectivity index (χ1n) is 23.4. The van der Waals surface area contributed by atoms with Crippen LogP contribution in [0.3, 0.4) is 0 Å². The number of hydrogen-bond acceptors (Lipinski definition) is 9. The molecule has 0 fully saturated rings. The van der Waals surface area contributed by atoms with Crippen molar-refractivity contribution >= 4 is 88.5 Å². The molecule has 7 rings (SSSR count). The van der Waals surface area contributed by atoms with Gasteiger partial charge in [-0.15, -0.1) is 0 Å². The Labute approximate surface area is 443 Å². The molecule has 77 heavy (non-hydrogen) atoms. The standard InChI is InChI=1S/C64H43N5O8/c1-40-3-28-60(41(2)29-40)69(56-24-12-46(13-25-56)34-58(48-16-4-42(5-17-48)30-52(36-65)61(70)71)49-18-6-43(7-19-49)31-53(37-66)62(72)73)57-26-14-47(15-27-57)35-59(50-20-8-44(9-21-50)32-54(38-67)63(74)75)51-22-10-45(11-23-51)33-55(39-68)64(76)77/h3-35H,1-2H3,(H,70,71)(H,72,73)(H,74,75)(H,76,77)/b52-30+,53-31+,54-32+,55-33+. The van der Waals surface area contributed by atoms with E-state index < -0.39 is 46.2 Å². The van der Waals surface area contributed by atoms with Crippen LogP contribution in [0.1, 0.15) is 66.8 Å². The molecule has 0 aliphatic heterocycles. The quantitative estimate of drug-likeness (QED) is 0.0377. The highest BCUT2D eigenvalue weighted by atomic mass is 16.4. The molecule has 372 valence electrons. The van der Waals surface area contributed by atoms with Gasteiger partial charge in [-0.05, 0) is 153 Å². The highest BCUT2D eigenvalue weighted by molar-refractivity contribution is 6.00. The van der Waals surface area contributed by atoms with E-state index in [9.17, 15) is 60.7 Å². The van der Waals surface area contributed by atoms with Crippen LogP contribution in [0.2, 0.25) is 0 Å². The molecule has 0 saturated carbocycles. The number of carboxylic acids is 4. The van der Waals surface area contributed by atoms with Gasteiger partial charge in [0.2, 0.25) is 0 Å². The molecule has 7 aromatic rings. The lowest BCUT2D eigenvalue weighted by molar-refractivity contribution is -0.133. The van der Waals surface area contributed by atoms with Crippen molar-refractivity contribution in [3.8, 4) is 24.3 Å². The second kappa shape index (κ2) is 24.4. The van der Waals surface area contributed by atoms with Crippen LogP contribution in [0.5, 0.6) is 0 Å². The summed E-state index contributed by atoms with van der Waals surface area (Å²) in [6, 6.07) is 57.1. The first-order chi connectivity index (χ1) is 37.1. The summed E-state index contributed by atoms with van der Waals surface area (Å²) >= 11 is 0. The zero-order valence-electron chi connectivity index (χ0n) is 41.2. The second-order valence-corrected chi connectivity index (χ2v) is 17.3. The van der Waals surface area contributed by atoms with Gasteiger partial charge in [-0.25, -0.2) is 19.2 Å². The number of carbonyl (C=O) groups is 4. The summed E-state index contributed by atoms with van der Waals surface area (Å²) in [6.07, 6.45) is 9.12. The van der Waals surface area contributed by atoms with Gasteiger partial charge in [0.05, 0.1) is 0 Å². The van der Waals surface area contributed by atoms with Crippen LogP contribution < -0.4 is 4.90 Å². The van der Waals surface area contributed by atoms with Gasteiger partial charge >= 0.3 is 23.9 Å². The number of aliphatic carboxylic acids is 4. The third-order valence-electron chi connectivity index (χ3n) is 12.1. The van der Waals surface area contributed by atoms with Crippen molar-refractivity contribution in [2.24, 2.45) is 0 Å². The van der Waals surface area contributed by atoms with Gasteiger partial charge < -0.3 is 25.3 Å². The van der Waals surface area contributed by atoms with E-state index in [1.54, 1.807) is 72.8 Å². The summed E-state index contributed by atoms with van der Waals surface area (Å²) in [4.78, 5) is 48.3. The van der Waals surface area contributed by atoms with Crippen LogP contribution in [0.15, 0.2) is 186 Å².